The van der Waals surface area contributed by atoms with Crippen LogP contribution in [-0.4, -0.2) is 31.9 Å². The number of rotatable bonds is 5. The Kier molecular flexibility index (Phi) is 5.00. The average Bonchev–Trinajstić information content (AvgIpc) is 3.34. The SMILES string of the molecule is O=C(Cn1ccnc1)N1CCCC[C@H]1c1ncc(Cc2cccc(F)c2)o1. The molecule has 1 aliphatic rings. The van der Waals surface area contributed by atoms with Crippen LogP contribution in [0.15, 0.2) is 53.6 Å². The standard InChI is InChI=1S/C20H21FN4O2/c21-16-5-3-4-15(10-16)11-17-12-23-20(27-17)18-6-1-2-8-25(18)19(26)13-24-9-7-22-14-24/h3-5,7,9-10,12,14,18H,1-2,6,8,11,13H2/t18-/m0/s1. The Bertz CT molecular complexity index is 906. The van der Waals surface area contributed by atoms with Crippen LogP contribution < -0.4 is 0 Å². The van der Waals surface area contributed by atoms with E-state index in [0.717, 1.165) is 24.8 Å². The molecule has 2 aromatic heterocycles. The van der Waals surface area contributed by atoms with E-state index in [1.165, 1.54) is 12.1 Å². The highest BCUT2D eigenvalue weighted by molar-refractivity contribution is 5.76. The molecule has 1 fully saturated rings. The number of benzene rings is 1. The van der Waals surface area contributed by atoms with Crippen LogP contribution >= 0.6 is 0 Å². The van der Waals surface area contributed by atoms with Gasteiger partial charge in [-0.2, -0.15) is 0 Å². The number of oxazole rings is 1. The van der Waals surface area contributed by atoms with Gasteiger partial charge in [0.25, 0.3) is 0 Å². The molecule has 1 aromatic carbocycles. The number of amides is 1. The van der Waals surface area contributed by atoms with Gasteiger partial charge in [0.05, 0.1) is 12.5 Å². The van der Waals surface area contributed by atoms with Crippen molar-refractivity contribution >= 4 is 5.91 Å². The Hall–Kier alpha value is -2.96. The molecule has 0 spiro atoms. The van der Waals surface area contributed by atoms with Crippen molar-refractivity contribution in [1.29, 1.82) is 0 Å². The fourth-order valence-electron chi connectivity index (χ4n) is 3.52. The maximum absolute atomic E-state index is 13.4. The summed E-state index contributed by atoms with van der Waals surface area (Å²) in [7, 11) is 0. The maximum Gasteiger partial charge on any atom is 0.243 e. The third kappa shape index (κ3) is 4.07. The van der Waals surface area contributed by atoms with Gasteiger partial charge in [-0.3, -0.25) is 4.79 Å². The summed E-state index contributed by atoms with van der Waals surface area (Å²) < 4.78 is 21.1. The van der Waals surface area contributed by atoms with E-state index in [2.05, 4.69) is 9.97 Å². The molecule has 0 unspecified atom stereocenters. The lowest BCUT2D eigenvalue weighted by atomic mass is 10.0. The van der Waals surface area contributed by atoms with E-state index in [-0.39, 0.29) is 24.3 Å². The zero-order valence-electron chi connectivity index (χ0n) is 14.9. The number of hydrogen-bond acceptors (Lipinski definition) is 4. The minimum absolute atomic E-state index is 0.0302. The van der Waals surface area contributed by atoms with Crippen molar-refractivity contribution in [2.24, 2.45) is 0 Å². The van der Waals surface area contributed by atoms with Gasteiger partial charge in [-0.15, -0.1) is 0 Å². The second-order valence-electron chi connectivity index (χ2n) is 6.81. The number of aromatic nitrogens is 3. The first kappa shape index (κ1) is 17.5. The molecular weight excluding hydrogens is 347 g/mol. The summed E-state index contributed by atoms with van der Waals surface area (Å²) in [6.45, 7) is 0.952. The van der Waals surface area contributed by atoms with E-state index < -0.39 is 0 Å². The molecule has 0 radical (unpaired) electrons. The lowest BCUT2D eigenvalue weighted by Crippen LogP contribution is -2.40. The fraction of sp³-hybridized carbons (Fsp3) is 0.350. The molecule has 0 saturated carbocycles. The Morgan fingerprint density at radius 3 is 3.07 bits per heavy atom. The Morgan fingerprint density at radius 2 is 2.26 bits per heavy atom. The number of likely N-dealkylation sites (tertiary alicyclic amines) is 1. The van der Waals surface area contributed by atoms with Crippen LogP contribution in [0.4, 0.5) is 4.39 Å². The van der Waals surface area contributed by atoms with Crippen LogP contribution in [0.25, 0.3) is 0 Å². The predicted octanol–water partition coefficient (Wildman–Crippen LogP) is 3.35. The van der Waals surface area contributed by atoms with Gasteiger partial charge >= 0.3 is 0 Å². The second kappa shape index (κ2) is 7.73. The molecule has 4 rings (SSSR count). The third-order valence-corrected chi connectivity index (χ3v) is 4.82. The number of hydrogen-bond donors (Lipinski definition) is 0. The minimum Gasteiger partial charge on any atom is -0.443 e. The van der Waals surface area contributed by atoms with Gasteiger partial charge in [-0.05, 0) is 37.0 Å². The molecule has 6 nitrogen and oxygen atoms in total. The van der Waals surface area contributed by atoms with E-state index in [0.29, 0.717) is 24.6 Å². The molecule has 1 saturated heterocycles. The van der Waals surface area contributed by atoms with Gasteiger partial charge in [0.15, 0.2) is 0 Å². The van der Waals surface area contributed by atoms with E-state index in [4.69, 9.17) is 4.42 Å². The third-order valence-electron chi connectivity index (χ3n) is 4.82. The average molecular weight is 368 g/mol. The van der Waals surface area contributed by atoms with Crippen LogP contribution in [0.1, 0.15) is 42.5 Å². The topological polar surface area (TPSA) is 64.2 Å². The number of imidazole rings is 1. The smallest absolute Gasteiger partial charge is 0.243 e. The summed E-state index contributed by atoms with van der Waals surface area (Å²) in [4.78, 5) is 23.0. The number of halogens is 1. The van der Waals surface area contributed by atoms with Crippen LogP contribution in [-0.2, 0) is 17.8 Å². The molecular formula is C20H21FN4O2. The van der Waals surface area contributed by atoms with Gasteiger partial charge in [0, 0.05) is 25.4 Å². The number of carbonyl (C=O) groups excluding carboxylic acids is 1. The van der Waals surface area contributed by atoms with Crippen LogP contribution in [0.5, 0.6) is 0 Å². The van der Waals surface area contributed by atoms with Gasteiger partial charge < -0.3 is 13.9 Å². The molecule has 1 amide bonds. The molecule has 140 valence electrons. The molecule has 1 aliphatic heterocycles. The lowest BCUT2D eigenvalue weighted by Gasteiger charge is -2.33. The van der Waals surface area contributed by atoms with Gasteiger partial charge in [0.2, 0.25) is 11.8 Å². The predicted molar refractivity (Wildman–Crippen MR) is 96.2 cm³/mol. The lowest BCUT2D eigenvalue weighted by molar-refractivity contribution is -0.136. The van der Waals surface area contributed by atoms with Gasteiger partial charge in [-0.25, -0.2) is 14.4 Å². The molecule has 1 atom stereocenters. The molecule has 3 heterocycles. The summed E-state index contributed by atoms with van der Waals surface area (Å²) >= 11 is 0. The van der Waals surface area contributed by atoms with Crippen LogP contribution in [0.2, 0.25) is 0 Å². The van der Waals surface area contributed by atoms with Crippen molar-refractivity contribution in [2.45, 2.75) is 38.3 Å². The number of carbonyl (C=O) groups is 1. The minimum atomic E-state index is -0.268. The molecule has 0 N–H and O–H groups in total. The molecule has 0 aliphatic carbocycles. The van der Waals surface area contributed by atoms with Crippen molar-refractivity contribution in [3.05, 3.63) is 72.2 Å². The normalized spacial score (nSPS) is 17.2. The summed E-state index contributed by atoms with van der Waals surface area (Å²) in [5.41, 5.74) is 0.828. The zero-order chi connectivity index (χ0) is 18.6. The van der Waals surface area contributed by atoms with Crippen LogP contribution in [0, 0.1) is 5.82 Å². The summed E-state index contributed by atoms with van der Waals surface area (Å²) in [6, 6.07) is 6.29. The first-order valence-electron chi connectivity index (χ1n) is 9.13. The van der Waals surface area contributed by atoms with Gasteiger partial charge in [0.1, 0.15) is 24.2 Å². The summed E-state index contributed by atoms with van der Waals surface area (Å²) in [5.74, 6) is 0.988. The molecule has 0 bridgehead atoms. The first-order valence-corrected chi connectivity index (χ1v) is 9.13. The fourth-order valence-corrected chi connectivity index (χ4v) is 3.52. The van der Waals surface area contributed by atoms with E-state index in [1.807, 2.05) is 11.0 Å². The first-order chi connectivity index (χ1) is 13.2. The second-order valence-corrected chi connectivity index (χ2v) is 6.81. The van der Waals surface area contributed by atoms with Crippen molar-refractivity contribution < 1.29 is 13.6 Å². The van der Waals surface area contributed by atoms with Crippen LogP contribution in [0.3, 0.4) is 0 Å². The molecule has 3 aromatic rings. The van der Waals surface area contributed by atoms with Gasteiger partial charge in [-0.1, -0.05) is 12.1 Å². The van der Waals surface area contributed by atoms with E-state index >= 15 is 0 Å². The highest BCUT2D eigenvalue weighted by Crippen LogP contribution is 2.31. The monoisotopic (exact) mass is 368 g/mol. The molecule has 7 heteroatoms. The highest BCUT2D eigenvalue weighted by Gasteiger charge is 2.31. The largest absolute Gasteiger partial charge is 0.443 e. The Labute approximate surface area is 156 Å². The Balaban J connectivity index is 1.48. The number of piperidine rings is 1. The maximum atomic E-state index is 13.4. The summed E-state index contributed by atoms with van der Waals surface area (Å²) in [5, 5.41) is 0. The molecule has 27 heavy (non-hydrogen) atoms. The quantitative estimate of drug-likeness (QED) is 0.693. The van der Waals surface area contributed by atoms with E-state index in [9.17, 15) is 9.18 Å². The van der Waals surface area contributed by atoms with Crippen molar-refractivity contribution in [3.63, 3.8) is 0 Å². The number of nitrogens with zero attached hydrogens (tertiary/aromatic N) is 4. The highest BCUT2D eigenvalue weighted by atomic mass is 19.1. The zero-order valence-corrected chi connectivity index (χ0v) is 14.9. The van der Waals surface area contributed by atoms with Crippen molar-refractivity contribution in [3.8, 4) is 0 Å². The summed E-state index contributed by atoms with van der Waals surface area (Å²) in [6.07, 6.45) is 10.1. The van der Waals surface area contributed by atoms with E-state index in [1.54, 1.807) is 35.6 Å². The Morgan fingerprint density at radius 1 is 1.33 bits per heavy atom. The van der Waals surface area contributed by atoms with Crippen molar-refractivity contribution in [1.82, 2.24) is 19.4 Å². The van der Waals surface area contributed by atoms with Crippen molar-refractivity contribution in [2.75, 3.05) is 6.54 Å².